The van der Waals surface area contributed by atoms with Crippen LogP contribution in [0.25, 0.3) is 0 Å². The second kappa shape index (κ2) is 7.86. The van der Waals surface area contributed by atoms with Crippen LogP contribution in [0.15, 0.2) is 0 Å². The first-order valence-corrected chi connectivity index (χ1v) is 5.00. The monoisotopic (exact) mass is 253 g/mol. The van der Waals surface area contributed by atoms with Crippen LogP contribution in [-0.4, -0.2) is 85.9 Å². The van der Waals surface area contributed by atoms with Gasteiger partial charge in [0.05, 0.1) is 6.61 Å². The maximum Gasteiger partial charge on any atom is 0.469 e. The van der Waals surface area contributed by atoms with Gasteiger partial charge in [0.2, 0.25) is 0 Å². The summed E-state index contributed by atoms with van der Waals surface area (Å²) >= 11 is 0. The number of phosphoric ester groups is 1. The minimum Gasteiger partial charge on any atom is -0.388 e. The van der Waals surface area contributed by atoms with Gasteiger partial charge in [-0.05, 0) is 0 Å². The molecule has 0 unspecified atom stereocenters. The van der Waals surface area contributed by atoms with Crippen molar-refractivity contribution in [3.63, 3.8) is 0 Å². The predicted octanol–water partition coefficient (Wildman–Crippen LogP) is -3.00. The number of phosphoric acid groups is 1. The summed E-state index contributed by atoms with van der Waals surface area (Å²) in [7, 11) is -4.74. The van der Waals surface area contributed by atoms with Gasteiger partial charge in [-0.2, -0.15) is 0 Å². The molecule has 15 heavy (non-hydrogen) atoms. The second-order valence-electron chi connectivity index (χ2n) is 2.42. The summed E-state index contributed by atoms with van der Waals surface area (Å²) in [4.78, 5) is 27.0. The van der Waals surface area contributed by atoms with Crippen LogP contribution < -0.4 is 0 Å². The fourth-order valence-electron chi connectivity index (χ4n) is 0.573. The minimum absolute atomic E-state index is 0. The van der Waals surface area contributed by atoms with Crippen molar-refractivity contribution in [3.05, 3.63) is 0 Å². The zero-order valence-corrected chi connectivity index (χ0v) is 10.9. The van der Waals surface area contributed by atoms with E-state index in [1.807, 2.05) is 0 Å². The summed E-state index contributed by atoms with van der Waals surface area (Å²) in [5.41, 5.74) is 0. The van der Waals surface area contributed by atoms with E-state index in [2.05, 4.69) is 4.52 Å². The smallest absolute Gasteiger partial charge is 0.388 e. The Morgan fingerprint density at radius 2 is 1.80 bits per heavy atom. The molecule has 0 amide bonds. The van der Waals surface area contributed by atoms with E-state index in [-0.39, 0.29) is 29.6 Å². The van der Waals surface area contributed by atoms with Gasteiger partial charge in [-0.3, -0.25) is 9.32 Å². The number of rotatable bonds is 6. The first-order chi connectivity index (χ1) is 6.28. The SMILES string of the molecule is O=C(CO)[C@@H](O)[C@H](O)COP(=O)(O)O.[Na]. The maximum atomic E-state index is 10.6. The van der Waals surface area contributed by atoms with E-state index in [0.717, 1.165) is 0 Å². The Hall–Kier alpha value is 0.660. The number of Topliss-reactive ketones (excluding diaryl/α,β-unsaturated/α-hetero) is 1. The van der Waals surface area contributed by atoms with Crippen LogP contribution in [0.1, 0.15) is 0 Å². The van der Waals surface area contributed by atoms with Crippen LogP contribution >= 0.6 is 7.82 Å². The topological polar surface area (TPSA) is 145 Å². The van der Waals surface area contributed by atoms with Crippen LogP contribution in [0.2, 0.25) is 0 Å². The average molecular weight is 253 g/mol. The molecule has 0 aliphatic rings. The van der Waals surface area contributed by atoms with Gasteiger partial charge >= 0.3 is 7.82 Å². The fraction of sp³-hybridized carbons (Fsp3) is 0.800. The quantitative estimate of drug-likeness (QED) is 0.249. The molecule has 0 saturated carbocycles. The Kier molecular flexibility index (Phi) is 9.45. The summed E-state index contributed by atoms with van der Waals surface area (Å²) in [6.45, 7) is -1.88. The van der Waals surface area contributed by atoms with Gasteiger partial charge in [-0.25, -0.2) is 4.57 Å². The molecule has 0 fully saturated rings. The molecule has 0 heterocycles. The van der Waals surface area contributed by atoms with Gasteiger partial charge < -0.3 is 25.1 Å². The molecule has 0 spiro atoms. The van der Waals surface area contributed by atoms with Gasteiger partial charge in [0.1, 0.15) is 18.8 Å². The van der Waals surface area contributed by atoms with Crippen LogP contribution in [0.4, 0.5) is 0 Å². The van der Waals surface area contributed by atoms with Gasteiger partial charge in [0.25, 0.3) is 0 Å². The Morgan fingerprint density at radius 3 is 2.13 bits per heavy atom. The van der Waals surface area contributed by atoms with Crippen molar-refractivity contribution in [1.82, 2.24) is 0 Å². The van der Waals surface area contributed by atoms with E-state index < -0.39 is 39.0 Å². The molecular formula is C5H11NaO8P. The normalized spacial score (nSPS) is 15.3. The van der Waals surface area contributed by atoms with Crippen molar-refractivity contribution >= 4 is 43.2 Å². The molecule has 0 aromatic carbocycles. The zero-order chi connectivity index (χ0) is 11.4. The van der Waals surface area contributed by atoms with Crippen LogP contribution in [-0.2, 0) is 13.9 Å². The van der Waals surface area contributed by atoms with Crippen LogP contribution in [0, 0.1) is 0 Å². The molecule has 0 saturated heterocycles. The fourth-order valence-corrected chi connectivity index (χ4v) is 0.920. The molecule has 0 aromatic heterocycles. The summed E-state index contributed by atoms with van der Waals surface area (Å²) in [5.74, 6) is -1.06. The molecule has 2 atom stereocenters. The van der Waals surface area contributed by atoms with Crippen molar-refractivity contribution in [2.24, 2.45) is 0 Å². The van der Waals surface area contributed by atoms with Gasteiger partial charge in [-0.15, -0.1) is 0 Å². The number of carbonyl (C=O) groups is 1. The van der Waals surface area contributed by atoms with E-state index in [0.29, 0.717) is 0 Å². The van der Waals surface area contributed by atoms with Gasteiger partial charge in [0, 0.05) is 29.6 Å². The number of hydrogen-bond acceptors (Lipinski definition) is 6. The van der Waals surface area contributed by atoms with E-state index in [1.54, 1.807) is 0 Å². The molecule has 0 rings (SSSR count). The molecule has 1 radical (unpaired) electrons. The summed E-state index contributed by atoms with van der Waals surface area (Å²) in [6.07, 6.45) is -3.71. The van der Waals surface area contributed by atoms with E-state index >= 15 is 0 Å². The summed E-state index contributed by atoms with van der Waals surface area (Å²) < 4.78 is 14.0. The van der Waals surface area contributed by atoms with Gasteiger partial charge in [-0.1, -0.05) is 0 Å². The number of ketones is 1. The third-order valence-electron chi connectivity index (χ3n) is 1.26. The van der Waals surface area contributed by atoms with E-state index in [1.165, 1.54) is 0 Å². The molecule has 0 aromatic rings. The van der Waals surface area contributed by atoms with Crippen molar-refractivity contribution in [2.75, 3.05) is 13.2 Å². The first kappa shape index (κ1) is 18.0. The molecule has 0 aliphatic heterocycles. The Labute approximate surface area is 107 Å². The van der Waals surface area contributed by atoms with Crippen molar-refractivity contribution < 1.29 is 39.0 Å². The number of carbonyl (C=O) groups excluding carboxylic acids is 1. The standard InChI is InChI=1S/C5H11O8P.Na/c6-1-3(7)5(9)4(8)2-13-14(10,11)12;/h4-6,8-9H,1-2H2,(H2,10,11,12);/t4-,5-;/m1./s1. The van der Waals surface area contributed by atoms with Crippen LogP contribution in [0.3, 0.4) is 0 Å². The maximum absolute atomic E-state index is 10.6. The average Bonchev–Trinajstić information content (AvgIpc) is 2.10. The molecule has 10 heteroatoms. The summed E-state index contributed by atoms with van der Waals surface area (Å²) in [6, 6.07) is 0. The molecule has 85 valence electrons. The van der Waals surface area contributed by atoms with Crippen molar-refractivity contribution in [3.8, 4) is 0 Å². The van der Waals surface area contributed by atoms with Crippen molar-refractivity contribution in [1.29, 1.82) is 0 Å². The third kappa shape index (κ3) is 8.47. The van der Waals surface area contributed by atoms with Gasteiger partial charge in [0.15, 0.2) is 5.78 Å². The third-order valence-corrected chi connectivity index (χ3v) is 1.75. The molecule has 8 nitrogen and oxygen atoms in total. The number of aliphatic hydroxyl groups is 3. The second-order valence-corrected chi connectivity index (χ2v) is 3.66. The zero-order valence-electron chi connectivity index (χ0n) is 7.98. The van der Waals surface area contributed by atoms with E-state index in [4.69, 9.17) is 25.1 Å². The minimum atomic E-state index is -4.74. The molecule has 0 aliphatic carbocycles. The molecule has 5 N–H and O–H groups in total. The number of hydrogen-bond donors (Lipinski definition) is 5. The molecular weight excluding hydrogens is 242 g/mol. The Balaban J connectivity index is 0. The predicted molar refractivity (Wildman–Crippen MR) is 47.9 cm³/mol. The summed E-state index contributed by atoms with van der Waals surface area (Å²) in [5, 5.41) is 26.1. The first-order valence-electron chi connectivity index (χ1n) is 3.47. The number of aliphatic hydroxyl groups excluding tert-OH is 3. The van der Waals surface area contributed by atoms with E-state index in [9.17, 15) is 9.36 Å². The molecule has 0 bridgehead atoms. The largest absolute Gasteiger partial charge is 0.469 e. The van der Waals surface area contributed by atoms with Crippen molar-refractivity contribution in [2.45, 2.75) is 12.2 Å². The Bertz CT molecular complexity index is 239. The Morgan fingerprint density at radius 1 is 1.33 bits per heavy atom. The van der Waals surface area contributed by atoms with Crippen LogP contribution in [0.5, 0.6) is 0 Å².